The van der Waals surface area contributed by atoms with E-state index in [1.165, 1.54) is 6.20 Å². The van der Waals surface area contributed by atoms with Crippen LogP contribution in [0.15, 0.2) is 28.9 Å². The Morgan fingerprint density at radius 3 is 2.65 bits per heavy atom. The fourth-order valence-corrected chi connectivity index (χ4v) is 2.22. The summed E-state index contributed by atoms with van der Waals surface area (Å²) in [6.45, 7) is 0. The van der Waals surface area contributed by atoms with Gasteiger partial charge in [0.2, 0.25) is 5.95 Å². The number of pyridine rings is 1. The van der Waals surface area contributed by atoms with Crippen LogP contribution >= 0.6 is 15.9 Å². The number of nitrogen functional groups attached to an aromatic ring is 1. The number of hydrogen-bond acceptors (Lipinski definition) is 3. The molecule has 0 aliphatic rings. The molecular weight excluding hydrogens is 337 g/mol. The third-order valence-electron chi connectivity index (χ3n) is 2.70. The molecule has 0 saturated heterocycles. The molecule has 0 aliphatic heterocycles. The van der Waals surface area contributed by atoms with Crippen molar-refractivity contribution >= 4 is 33.0 Å². The minimum Gasteiger partial charge on any atom is -0.369 e. The number of nitrogens with two attached hydrogens (primary N) is 1. The van der Waals surface area contributed by atoms with Gasteiger partial charge < -0.3 is 5.73 Å². The molecule has 3 aromatic rings. The number of hydrogen-bond donors (Lipinski definition) is 1. The maximum Gasteiger partial charge on any atom is 0.207 e. The van der Waals surface area contributed by atoms with Gasteiger partial charge >= 0.3 is 0 Å². The normalized spacial score (nSPS) is 11.2. The number of aromatic nitrogens is 3. The lowest BCUT2D eigenvalue weighted by Gasteiger charge is -2.08. The summed E-state index contributed by atoms with van der Waals surface area (Å²) in [7, 11) is 0. The summed E-state index contributed by atoms with van der Waals surface area (Å²) in [5.41, 5.74) is 5.89. The molecule has 1 aromatic carbocycles. The Hall–Kier alpha value is -2.09. The van der Waals surface area contributed by atoms with E-state index in [0.717, 1.165) is 10.6 Å². The fraction of sp³-hybridized carbons (Fsp3) is 0. The SMILES string of the molecule is Nc1nc2cc(Br)cnc2n1-c1cc(F)cc(F)c1F. The highest BCUT2D eigenvalue weighted by Crippen LogP contribution is 2.26. The molecule has 8 heteroatoms. The van der Waals surface area contributed by atoms with Crippen molar-refractivity contribution in [2.24, 2.45) is 0 Å². The Morgan fingerprint density at radius 1 is 1.15 bits per heavy atom. The second kappa shape index (κ2) is 4.48. The topological polar surface area (TPSA) is 56.7 Å². The molecule has 20 heavy (non-hydrogen) atoms. The summed E-state index contributed by atoms with van der Waals surface area (Å²) >= 11 is 3.21. The lowest BCUT2D eigenvalue weighted by molar-refractivity contribution is 0.491. The van der Waals surface area contributed by atoms with Crippen LogP contribution in [0.5, 0.6) is 0 Å². The molecule has 4 nitrogen and oxygen atoms in total. The zero-order chi connectivity index (χ0) is 14.4. The van der Waals surface area contributed by atoms with Gasteiger partial charge in [-0.15, -0.1) is 0 Å². The Balaban J connectivity index is 2.38. The highest BCUT2D eigenvalue weighted by atomic mass is 79.9. The van der Waals surface area contributed by atoms with Gasteiger partial charge in [0.1, 0.15) is 11.3 Å². The van der Waals surface area contributed by atoms with Gasteiger partial charge in [-0.3, -0.25) is 4.57 Å². The van der Waals surface area contributed by atoms with Gasteiger partial charge in [0, 0.05) is 22.8 Å². The van der Waals surface area contributed by atoms with Gasteiger partial charge in [-0.05, 0) is 22.0 Å². The molecule has 0 fully saturated rings. The van der Waals surface area contributed by atoms with Gasteiger partial charge in [-0.25, -0.2) is 23.1 Å². The van der Waals surface area contributed by atoms with Gasteiger partial charge in [-0.2, -0.15) is 0 Å². The van der Waals surface area contributed by atoms with Crippen LogP contribution in [0.1, 0.15) is 0 Å². The molecule has 3 rings (SSSR count). The molecule has 2 aromatic heterocycles. The quantitative estimate of drug-likeness (QED) is 0.691. The summed E-state index contributed by atoms with van der Waals surface area (Å²) in [6, 6.07) is 2.90. The van der Waals surface area contributed by atoms with E-state index in [0.29, 0.717) is 16.1 Å². The van der Waals surface area contributed by atoms with Crippen LogP contribution in [0.3, 0.4) is 0 Å². The van der Waals surface area contributed by atoms with Crippen molar-refractivity contribution in [1.82, 2.24) is 14.5 Å². The minimum atomic E-state index is -1.31. The average Bonchev–Trinajstić information content (AvgIpc) is 2.69. The van der Waals surface area contributed by atoms with Crippen molar-refractivity contribution in [3.05, 3.63) is 46.3 Å². The van der Waals surface area contributed by atoms with E-state index in [-0.39, 0.29) is 17.3 Å². The van der Waals surface area contributed by atoms with E-state index in [2.05, 4.69) is 25.9 Å². The van der Waals surface area contributed by atoms with Gasteiger partial charge in [-0.1, -0.05) is 0 Å². The fourth-order valence-electron chi connectivity index (χ4n) is 1.90. The van der Waals surface area contributed by atoms with Crippen molar-refractivity contribution in [1.29, 1.82) is 0 Å². The van der Waals surface area contributed by atoms with E-state index in [9.17, 15) is 13.2 Å². The van der Waals surface area contributed by atoms with Gasteiger partial charge in [0.15, 0.2) is 17.3 Å². The van der Waals surface area contributed by atoms with Crippen molar-refractivity contribution in [2.75, 3.05) is 5.73 Å². The van der Waals surface area contributed by atoms with Crippen LogP contribution in [-0.2, 0) is 0 Å². The molecule has 0 spiro atoms. The lowest BCUT2D eigenvalue weighted by atomic mass is 10.2. The second-order valence-electron chi connectivity index (χ2n) is 4.02. The lowest BCUT2D eigenvalue weighted by Crippen LogP contribution is -2.06. The number of benzene rings is 1. The number of halogens is 4. The third kappa shape index (κ3) is 1.92. The molecule has 0 bridgehead atoms. The van der Waals surface area contributed by atoms with Gasteiger partial charge in [0.05, 0.1) is 5.69 Å². The van der Waals surface area contributed by atoms with Crippen LogP contribution < -0.4 is 5.73 Å². The minimum absolute atomic E-state index is 0.116. The largest absolute Gasteiger partial charge is 0.369 e. The van der Waals surface area contributed by atoms with Crippen molar-refractivity contribution in [3.63, 3.8) is 0 Å². The number of imidazole rings is 1. The average molecular weight is 343 g/mol. The van der Waals surface area contributed by atoms with Crippen molar-refractivity contribution < 1.29 is 13.2 Å². The standard InChI is InChI=1S/C12H6BrF3N4/c13-5-1-8-11(18-4-5)20(12(17)19-8)9-3-6(14)2-7(15)10(9)16/h1-4H,(H2,17,19). The van der Waals surface area contributed by atoms with Crippen molar-refractivity contribution in [2.45, 2.75) is 0 Å². The first-order chi connectivity index (χ1) is 9.47. The van der Waals surface area contributed by atoms with E-state index in [4.69, 9.17) is 5.73 Å². The molecule has 2 heterocycles. The van der Waals surface area contributed by atoms with Crippen LogP contribution in [0.2, 0.25) is 0 Å². The first kappa shape index (κ1) is 12.9. The Morgan fingerprint density at radius 2 is 1.90 bits per heavy atom. The van der Waals surface area contributed by atoms with Crippen LogP contribution in [0, 0.1) is 17.5 Å². The molecule has 0 amide bonds. The smallest absolute Gasteiger partial charge is 0.207 e. The van der Waals surface area contributed by atoms with E-state index in [1.807, 2.05) is 0 Å². The number of fused-ring (bicyclic) bond motifs is 1. The molecule has 0 unspecified atom stereocenters. The highest BCUT2D eigenvalue weighted by molar-refractivity contribution is 9.10. The maximum absolute atomic E-state index is 13.8. The summed E-state index contributed by atoms with van der Waals surface area (Å²) in [5.74, 6) is -3.56. The Bertz CT molecular complexity index is 831. The number of rotatable bonds is 1. The van der Waals surface area contributed by atoms with E-state index < -0.39 is 17.5 Å². The molecule has 0 atom stereocenters. The van der Waals surface area contributed by atoms with Crippen LogP contribution in [0.4, 0.5) is 19.1 Å². The number of nitrogens with zero attached hydrogens (tertiary/aromatic N) is 3. The predicted molar refractivity (Wildman–Crippen MR) is 70.9 cm³/mol. The third-order valence-corrected chi connectivity index (χ3v) is 3.14. The molecule has 0 aliphatic carbocycles. The maximum atomic E-state index is 13.8. The molecule has 0 radical (unpaired) electrons. The summed E-state index contributed by atoms with van der Waals surface area (Å²) in [5, 5.41) is 0. The Kier molecular flexibility index (Phi) is 2.89. The summed E-state index contributed by atoms with van der Waals surface area (Å²) in [4.78, 5) is 8.03. The number of anilines is 1. The summed E-state index contributed by atoms with van der Waals surface area (Å²) in [6.07, 6.45) is 1.45. The van der Waals surface area contributed by atoms with Crippen LogP contribution in [0.25, 0.3) is 16.9 Å². The van der Waals surface area contributed by atoms with Crippen LogP contribution in [-0.4, -0.2) is 14.5 Å². The Labute approximate surface area is 119 Å². The highest BCUT2D eigenvalue weighted by Gasteiger charge is 2.18. The zero-order valence-electron chi connectivity index (χ0n) is 9.74. The molecular formula is C12H6BrF3N4. The molecule has 0 saturated carbocycles. The first-order valence-electron chi connectivity index (χ1n) is 5.42. The monoisotopic (exact) mass is 342 g/mol. The van der Waals surface area contributed by atoms with Crippen molar-refractivity contribution in [3.8, 4) is 5.69 Å². The van der Waals surface area contributed by atoms with Gasteiger partial charge in [0.25, 0.3) is 0 Å². The van der Waals surface area contributed by atoms with E-state index >= 15 is 0 Å². The second-order valence-corrected chi connectivity index (χ2v) is 4.94. The predicted octanol–water partition coefficient (Wildman–Crippen LogP) is 3.18. The zero-order valence-corrected chi connectivity index (χ0v) is 11.3. The molecule has 2 N–H and O–H groups in total. The first-order valence-corrected chi connectivity index (χ1v) is 6.21. The summed E-state index contributed by atoms with van der Waals surface area (Å²) < 4.78 is 42.2. The molecule has 102 valence electrons. The van der Waals surface area contributed by atoms with E-state index in [1.54, 1.807) is 6.07 Å².